The van der Waals surface area contributed by atoms with Crippen molar-refractivity contribution in [2.75, 3.05) is 39.4 Å². The first-order chi connectivity index (χ1) is 15.9. The van der Waals surface area contributed by atoms with Gasteiger partial charge < -0.3 is 24.3 Å². The molecule has 1 saturated heterocycles. The molecule has 3 rings (SSSR count). The predicted octanol–water partition coefficient (Wildman–Crippen LogP) is 2.10. The van der Waals surface area contributed by atoms with Crippen LogP contribution in [0.1, 0.15) is 32.9 Å². The van der Waals surface area contributed by atoms with E-state index < -0.39 is 0 Å². The van der Waals surface area contributed by atoms with E-state index in [1.807, 2.05) is 24.3 Å². The lowest BCUT2D eigenvalue weighted by molar-refractivity contribution is -0.132. The molecule has 1 aliphatic heterocycles. The number of aromatic nitrogens is 3. The van der Waals surface area contributed by atoms with E-state index in [4.69, 9.17) is 9.47 Å². The molecule has 2 heterocycles. The molecular formula is C23H31N5O5. The van der Waals surface area contributed by atoms with Gasteiger partial charge in [0.1, 0.15) is 11.4 Å². The maximum Gasteiger partial charge on any atom is 0.409 e. The van der Waals surface area contributed by atoms with Crippen LogP contribution in [0.2, 0.25) is 0 Å². The summed E-state index contributed by atoms with van der Waals surface area (Å²) < 4.78 is 10.7. The number of carbonyl (C=O) groups is 2. The predicted molar refractivity (Wildman–Crippen MR) is 122 cm³/mol. The second kappa shape index (κ2) is 11.4. The highest BCUT2D eigenvalue weighted by molar-refractivity contribution is 5.77. The Morgan fingerprint density at radius 1 is 1.12 bits per heavy atom. The number of ether oxygens (including phenoxy) is 2. The number of hydrogen-bond donors (Lipinski definition) is 1. The van der Waals surface area contributed by atoms with Gasteiger partial charge in [-0.05, 0) is 25.0 Å². The molecule has 1 aliphatic rings. The van der Waals surface area contributed by atoms with Crippen molar-refractivity contribution in [2.24, 2.45) is 5.92 Å². The van der Waals surface area contributed by atoms with Crippen LogP contribution in [0.25, 0.3) is 11.4 Å². The maximum absolute atomic E-state index is 12.5. The van der Waals surface area contributed by atoms with Crippen molar-refractivity contribution in [2.45, 2.75) is 33.6 Å². The van der Waals surface area contributed by atoms with Crippen LogP contribution < -0.4 is 10.3 Å². The van der Waals surface area contributed by atoms with Gasteiger partial charge in [0.2, 0.25) is 5.91 Å². The molecule has 1 aromatic carbocycles. The largest absolute Gasteiger partial charge is 0.493 e. The van der Waals surface area contributed by atoms with Crippen molar-refractivity contribution in [1.82, 2.24) is 25.0 Å². The number of aromatic amines is 1. The zero-order chi connectivity index (χ0) is 23.8. The van der Waals surface area contributed by atoms with E-state index >= 15 is 0 Å². The van der Waals surface area contributed by atoms with Crippen molar-refractivity contribution in [3.8, 4) is 17.1 Å². The number of benzene rings is 1. The van der Waals surface area contributed by atoms with Gasteiger partial charge in [-0.2, -0.15) is 0 Å². The molecule has 0 spiro atoms. The Bertz CT molecular complexity index is 1010. The fourth-order valence-corrected chi connectivity index (χ4v) is 3.39. The minimum Gasteiger partial charge on any atom is -0.493 e. The summed E-state index contributed by atoms with van der Waals surface area (Å²) in [7, 11) is 0. The maximum atomic E-state index is 12.5. The Kier molecular flexibility index (Phi) is 8.39. The second-order valence-electron chi connectivity index (χ2n) is 8.25. The number of amides is 2. The van der Waals surface area contributed by atoms with Crippen molar-refractivity contribution in [3.05, 3.63) is 40.3 Å². The van der Waals surface area contributed by atoms with Gasteiger partial charge in [-0.15, -0.1) is 10.2 Å². The molecule has 0 atom stereocenters. The molecule has 1 fully saturated rings. The third kappa shape index (κ3) is 6.77. The Morgan fingerprint density at radius 3 is 2.52 bits per heavy atom. The fourth-order valence-electron chi connectivity index (χ4n) is 3.39. The summed E-state index contributed by atoms with van der Waals surface area (Å²) >= 11 is 0. The third-order valence-corrected chi connectivity index (χ3v) is 5.19. The number of rotatable bonds is 8. The van der Waals surface area contributed by atoms with E-state index in [1.54, 1.807) is 16.7 Å². The van der Waals surface area contributed by atoms with Crippen LogP contribution in [0.4, 0.5) is 4.79 Å². The van der Waals surface area contributed by atoms with Crippen molar-refractivity contribution >= 4 is 12.0 Å². The van der Waals surface area contributed by atoms with Gasteiger partial charge in [0.05, 0.1) is 13.2 Å². The molecular weight excluding hydrogens is 426 g/mol. The Balaban J connectivity index is 1.55. The number of aryl methyl sites for hydroxylation is 1. The summed E-state index contributed by atoms with van der Waals surface area (Å²) in [6, 6.07) is 7.31. The van der Waals surface area contributed by atoms with Crippen molar-refractivity contribution in [3.63, 3.8) is 0 Å². The SMILES string of the molecule is CCOC(=O)N1CCN(C(=O)CCc2nnc(-c3cccc(OCC(C)C)c3)[nH]c2=O)CC1. The number of carbonyl (C=O) groups excluding carboxylic acids is 2. The molecule has 0 bridgehead atoms. The van der Waals surface area contributed by atoms with Crippen molar-refractivity contribution < 1.29 is 19.1 Å². The van der Waals surface area contributed by atoms with E-state index in [-0.39, 0.29) is 36.1 Å². The minimum absolute atomic E-state index is 0.0845. The molecule has 10 nitrogen and oxygen atoms in total. The third-order valence-electron chi connectivity index (χ3n) is 5.19. The lowest BCUT2D eigenvalue weighted by Crippen LogP contribution is -2.50. The molecule has 2 aromatic rings. The topological polar surface area (TPSA) is 118 Å². The monoisotopic (exact) mass is 457 g/mol. The summed E-state index contributed by atoms with van der Waals surface area (Å²) in [6.45, 7) is 8.55. The standard InChI is InChI=1S/C23H31N5O5/c1-4-32-23(31)28-12-10-27(11-13-28)20(29)9-8-19-22(30)24-21(26-25-19)17-6-5-7-18(14-17)33-15-16(2)3/h5-7,14,16H,4,8-13,15H2,1-3H3,(H,24,26,30). The van der Waals surface area contributed by atoms with Crippen molar-refractivity contribution in [1.29, 1.82) is 0 Å². The van der Waals surface area contributed by atoms with Gasteiger partial charge in [-0.1, -0.05) is 26.0 Å². The highest BCUT2D eigenvalue weighted by atomic mass is 16.6. The van der Waals surface area contributed by atoms with Crippen LogP contribution in [-0.2, 0) is 16.0 Å². The Hall–Kier alpha value is -3.43. The molecule has 2 amide bonds. The van der Waals surface area contributed by atoms with Crippen LogP contribution in [-0.4, -0.2) is 76.4 Å². The van der Waals surface area contributed by atoms with E-state index in [1.165, 1.54) is 0 Å². The van der Waals surface area contributed by atoms with Crippen LogP contribution in [0, 0.1) is 5.92 Å². The average Bonchev–Trinajstić information content (AvgIpc) is 2.82. The molecule has 178 valence electrons. The quantitative estimate of drug-likeness (QED) is 0.645. The molecule has 33 heavy (non-hydrogen) atoms. The summed E-state index contributed by atoms with van der Waals surface area (Å²) in [5.41, 5.74) is 0.542. The van der Waals surface area contributed by atoms with Crippen LogP contribution in [0.15, 0.2) is 29.1 Å². The van der Waals surface area contributed by atoms with Gasteiger partial charge >= 0.3 is 6.09 Å². The minimum atomic E-state index is -0.367. The van der Waals surface area contributed by atoms with Gasteiger partial charge in [-0.3, -0.25) is 9.59 Å². The number of H-pyrrole nitrogens is 1. The highest BCUT2D eigenvalue weighted by Crippen LogP contribution is 2.20. The Morgan fingerprint density at radius 2 is 1.85 bits per heavy atom. The van der Waals surface area contributed by atoms with Gasteiger partial charge in [-0.25, -0.2) is 4.79 Å². The van der Waals surface area contributed by atoms with Crippen LogP contribution >= 0.6 is 0 Å². The molecule has 10 heteroatoms. The summed E-state index contributed by atoms with van der Waals surface area (Å²) in [4.78, 5) is 42.8. The van der Waals surface area contributed by atoms with Crippen LogP contribution in [0.5, 0.6) is 5.75 Å². The van der Waals surface area contributed by atoms with E-state index in [0.717, 1.165) is 0 Å². The molecule has 0 saturated carbocycles. The smallest absolute Gasteiger partial charge is 0.409 e. The summed E-state index contributed by atoms with van der Waals surface area (Å²) in [5.74, 6) is 1.36. The van der Waals surface area contributed by atoms with E-state index in [0.29, 0.717) is 62.4 Å². The zero-order valence-electron chi connectivity index (χ0n) is 19.4. The number of nitrogens with one attached hydrogen (secondary N) is 1. The average molecular weight is 458 g/mol. The molecule has 1 N–H and O–H groups in total. The first kappa shape index (κ1) is 24.2. The number of piperazine rings is 1. The van der Waals surface area contributed by atoms with Crippen LogP contribution in [0.3, 0.4) is 0 Å². The summed E-state index contributed by atoms with van der Waals surface area (Å²) in [6.07, 6.45) is -0.0185. The normalized spacial score (nSPS) is 13.8. The zero-order valence-corrected chi connectivity index (χ0v) is 19.4. The van der Waals surface area contributed by atoms with Gasteiger partial charge in [0.25, 0.3) is 5.56 Å². The lowest BCUT2D eigenvalue weighted by atomic mass is 10.2. The van der Waals surface area contributed by atoms with Gasteiger partial charge in [0, 0.05) is 44.6 Å². The number of hydrogen-bond acceptors (Lipinski definition) is 7. The fraction of sp³-hybridized carbons (Fsp3) is 0.522. The molecule has 0 aliphatic carbocycles. The first-order valence-electron chi connectivity index (χ1n) is 11.3. The summed E-state index contributed by atoms with van der Waals surface area (Å²) in [5, 5.41) is 8.20. The Labute approximate surface area is 192 Å². The second-order valence-corrected chi connectivity index (χ2v) is 8.25. The van der Waals surface area contributed by atoms with E-state index in [2.05, 4.69) is 29.0 Å². The molecule has 1 aromatic heterocycles. The molecule has 0 radical (unpaired) electrons. The molecule has 0 unspecified atom stereocenters. The lowest BCUT2D eigenvalue weighted by Gasteiger charge is -2.34. The first-order valence-corrected chi connectivity index (χ1v) is 11.3. The highest BCUT2D eigenvalue weighted by Gasteiger charge is 2.24. The van der Waals surface area contributed by atoms with Gasteiger partial charge in [0.15, 0.2) is 5.82 Å². The van der Waals surface area contributed by atoms with E-state index in [9.17, 15) is 14.4 Å². The number of nitrogens with zero attached hydrogens (tertiary/aromatic N) is 4.